The Kier molecular flexibility index (Phi) is 5.71. The molecule has 1 saturated carbocycles. The van der Waals surface area contributed by atoms with Crippen molar-refractivity contribution < 1.29 is 23.9 Å². The molecule has 1 aliphatic heterocycles. The molecule has 4 rings (SSSR count). The van der Waals surface area contributed by atoms with Crippen molar-refractivity contribution in [3.05, 3.63) is 83.4 Å². The number of hydrogen-bond acceptors (Lipinski definition) is 7. The van der Waals surface area contributed by atoms with E-state index >= 15 is 0 Å². The van der Waals surface area contributed by atoms with Gasteiger partial charge in [0, 0.05) is 13.5 Å². The molecular weight excluding hydrogens is 396 g/mol. The average Bonchev–Trinajstić information content (AvgIpc) is 2.81. The van der Waals surface area contributed by atoms with Crippen LogP contribution in [0.3, 0.4) is 0 Å². The molecule has 7 heteroatoms. The van der Waals surface area contributed by atoms with Crippen molar-refractivity contribution in [2.24, 2.45) is 11.1 Å². The van der Waals surface area contributed by atoms with E-state index in [0.717, 1.165) is 11.1 Å². The van der Waals surface area contributed by atoms with Crippen LogP contribution in [0.1, 0.15) is 24.2 Å². The number of Topliss-reactive ketones (excluding diaryl/α,β-unsaturated/α-hetero) is 1. The number of nitrogens with two attached hydrogens (primary N) is 1. The van der Waals surface area contributed by atoms with E-state index in [4.69, 9.17) is 15.2 Å². The summed E-state index contributed by atoms with van der Waals surface area (Å²) in [7, 11) is 0. The molecule has 1 unspecified atom stereocenters. The van der Waals surface area contributed by atoms with E-state index in [0.29, 0.717) is 12.1 Å². The van der Waals surface area contributed by atoms with E-state index in [1.807, 2.05) is 60.7 Å². The van der Waals surface area contributed by atoms with Crippen molar-refractivity contribution in [1.82, 2.24) is 5.32 Å². The van der Waals surface area contributed by atoms with E-state index in [2.05, 4.69) is 5.32 Å². The summed E-state index contributed by atoms with van der Waals surface area (Å²) in [6.07, 6.45) is 0.889. The van der Waals surface area contributed by atoms with Crippen LogP contribution in [-0.2, 0) is 23.9 Å². The first-order valence-corrected chi connectivity index (χ1v) is 10.1. The Bertz CT molecular complexity index is 981. The smallest absolute Gasteiger partial charge is 0.326 e. The summed E-state index contributed by atoms with van der Waals surface area (Å²) < 4.78 is 11.0. The largest absolute Gasteiger partial charge is 0.461 e. The van der Waals surface area contributed by atoms with Crippen molar-refractivity contribution in [2.75, 3.05) is 13.2 Å². The van der Waals surface area contributed by atoms with E-state index < -0.39 is 41.3 Å². The Hall–Kier alpha value is -3.29. The topological polar surface area (TPSA) is 108 Å². The zero-order valence-corrected chi connectivity index (χ0v) is 17.1. The van der Waals surface area contributed by atoms with Gasteiger partial charge in [0.2, 0.25) is 0 Å². The Balaban J connectivity index is 1.67. The van der Waals surface area contributed by atoms with Crippen LogP contribution < -0.4 is 11.1 Å². The van der Waals surface area contributed by atoms with Gasteiger partial charge in [-0.15, -0.1) is 0 Å². The molecule has 0 bridgehead atoms. The molecule has 3 N–H and O–H groups in total. The molecule has 0 amide bonds. The number of carbonyl (C=O) groups is 3. The number of nitrogens with one attached hydrogen (secondary N) is 1. The van der Waals surface area contributed by atoms with Gasteiger partial charge >= 0.3 is 11.9 Å². The molecule has 160 valence electrons. The van der Waals surface area contributed by atoms with Gasteiger partial charge < -0.3 is 20.5 Å². The number of esters is 2. The summed E-state index contributed by atoms with van der Waals surface area (Å²) in [5, 5.41) is 3.14. The number of carbonyl (C=O) groups excluding carboxylic acids is 3. The molecule has 7 nitrogen and oxygen atoms in total. The normalized spacial score (nSPS) is 24.6. The van der Waals surface area contributed by atoms with Crippen LogP contribution >= 0.6 is 0 Å². The molecule has 0 radical (unpaired) electrons. The van der Waals surface area contributed by atoms with Gasteiger partial charge in [0.1, 0.15) is 6.61 Å². The Morgan fingerprint density at radius 2 is 1.68 bits per heavy atom. The maximum absolute atomic E-state index is 13.5. The minimum absolute atomic E-state index is 0.00655. The van der Waals surface area contributed by atoms with Crippen LogP contribution in [0.25, 0.3) is 0 Å². The molecule has 3 atom stereocenters. The number of fused-ring (bicyclic) bond motifs is 1. The van der Waals surface area contributed by atoms with Gasteiger partial charge in [-0.1, -0.05) is 66.7 Å². The van der Waals surface area contributed by atoms with Crippen molar-refractivity contribution in [3.8, 4) is 0 Å². The minimum atomic E-state index is -1.53. The minimum Gasteiger partial charge on any atom is -0.461 e. The quantitative estimate of drug-likeness (QED) is 0.416. The first kappa shape index (κ1) is 21.0. The number of hydrogen-bond donors (Lipinski definition) is 2. The molecule has 0 aromatic heterocycles. The van der Waals surface area contributed by atoms with E-state index in [1.165, 1.54) is 6.92 Å². The van der Waals surface area contributed by atoms with Gasteiger partial charge in [-0.3, -0.25) is 14.4 Å². The summed E-state index contributed by atoms with van der Waals surface area (Å²) in [6, 6.07) is 17.3. The second-order valence-electron chi connectivity index (χ2n) is 7.81. The molecule has 2 aromatic rings. The van der Waals surface area contributed by atoms with Gasteiger partial charge in [0.25, 0.3) is 0 Å². The summed E-state index contributed by atoms with van der Waals surface area (Å²) in [6.45, 7) is 1.67. The molecule has 2 aromatic carbocycles. The lowest BCUT2D eigenvalue weighted by Crippen LogP contribution is -2.77. The van der Waals surface area contributed by atoms with Crippen LogP contribution in [0.2, 0.25) is 0 Å². The molecule has 1 aliphatic carbocycles. The predicted octanol–water partition coefficient (Wildman–Crippen LogP) is 1.68. The van der Waals surface area contributed by atoms with Gasteiger partial charge in [0.15, 0.2) is 17.3 Å². The van der Waals surface area contributed by atoms with Crippen molar-refractivity contribution >= 4 is 17.7 Å². The van der Waals surface area contributed by atoms with Gasteiger partial charge in [-0.2, -0.15) is 0 Å². The van der Waals surface area contributed by atoms with Gasteiger partial charge in [0.05, 0.1) is 12.1 Å². The highest BCUT2D eigenvalue weighted by Crippen LogP contribution is 2.44. The average molecular weight is 420 g/mol. The van der Waals surface area contributed by atoms with Crippen molar-refractivity contribution in [2.45, 2.75) is 25.1 Å². The van der Waals surface area contributed by atoms with E-state index in [1.54, 1.807) is 6.08 Å². The van der Waals surface area contributed by atoms with E-state index in [9.17, 15) is 14.4 Å². The maximum Gasteiger partial charge on any atom is 0.326 e. The Labute approximate surface area is 180 Å². The van der Waals surface area contributed by atoms with Crippen LogP contribution in [0, 0.1) is 5.41 Å². The van der Waals surface area contributed by atoms with Crippen LogP contribution in [0.4, 0.5) is 0 Å². The third-order valence-corrected chi connectivity index (χ3v) is 5.77. The van der Waals surface area contributed by atoms with Gasteiger partial charge in [-0.25, -0.2) is 0 Å². The zero-order valence-electron chi connectivity index (χ0n) is 17.1. The van der Waals surface area contributed by atoms with Crippen molar-refractivity contribution in [1.29, 1.82) is 0 Å². The highest BCUT2D eigenvalue weighted by Gasteiger charge is 2.66. The summed E-state index contributed by atoms with van der Waals surface area (Å²) in [4.78, 5) is 37.6. The molecule has 1 fully saturated rings. The maximum atomic E-state index is 13.5. The number of rotatable bonds is 6. The second-order valence-corrected chi connectivity index (χ2v) is 7.81. The third kappa shape index (κ3) is 3.78. The van der Waals surface area contributed by atoms with Crippen LogP contribution in [0.5, 0.6) is 0 Å². The molecule has 0 saturated heterocycles. The molecule has 1 heterocycles. The highest BCUT2D eigenvalue weighted by atomic mass is 16.5. The fraction of sp³-hybridized carbons (Fsp3) is 0.292. The van der Waals surface area contributed by atoms with Crippen LogP contribution in [-0.4, -0.2) is 43.0 Å². The number of ether oxygens (including phenoxy) is 2. The molecule has 31 heavy (non-hydrogen) atoms. The lowest BCUT2D eigenvalue weighted by molar-refractivity contribution is -0.171. The zero-order chi connectivity index (χ0) is 22.0. The van der Waals surface area contributed by atoms with Gasteiger partial charge in [-0.05, 0) is 16.7 Å². The lowest BCUT2D eigenvalue weighted by Gasteiger charge is -2.51. The SMILES string of the molecule is CC(=O)OCC1=CC2(C(=O)OC(c3ccccc3)c3ccccc3)C(=O)[C@H](N)[C@@H]2NC1. The Morgan fingerprint density at radius 1 is 1.10 bits per heavy atom. The first-order chi connectivity index (χ1) is 14.9. The summed E-state index contributed by atoms with van der Waals surface area (Å²) in [5.74, 6) is -1.52. The molecule has 0 spiro atoms. The van der Waals surface area contributed by atoms with Crippen molar-refractivity contribution in [3.63, 3.8) is 0 Å². The molecular formula is C24H24N2O5. The van der Waals surface area contributed by atoms with E-state index in [-0.39, 0.29) is 6.61 Å². The third-order valence-electron chi connectivity index (χ3n) is 5.77. The van der Waals surface area contributed by atoms with Crippen LogP contribution in [0.15, 0.2) is 72.3 Å². The fourth-order valence-electron chi connectivity index (χ4n) is 4.19. The summed E-state index contributed by atoms with van der Waals surface area (Å²) in [5.41, 5.74) is 6.66. The molecule has 2 aliphatic rings. The summed E-state index contributed by atoms with van der Waals surface area (Å²) >= 11 is 0. The standard InChI is InChI=1S/C24H24N2O5/c1-15(27)30-14-16-12-24(21(26-13-16)19(25)22(24)28)23(29)31-20(17-8-4-2-5-9-17)18-10-6-3-7-11-18/h2-12,19-21,26H,13-14,25H2,1H3/t19-,21+,24?/m1/s1. The lowest BCUT2D eigenvalue weighted by atomic mass is 9.58. The second kappa shape index (κ2) is 8.45. The highest BCUT2D eigenvalue weighted by molar-refractivity contribution is 6.15. The monoisotopic (exact) mass is 420 g/mol. The predicted molar refractivity (Wildman–Crippen MR) is 113 cm³/mol. The Morgan fingerprint density at radius 3 is 2.23 bits per heavy atom. The number of ketones is 1. The number of benzene rings is 2. The first-order valence-electron chi connectivity index (χ1n) is 10.1. The fourth-order valence-corrected chi connectivity index (χ4v) is 4.19.